The Morgan fingerprint density at radius 3 is 2.80 bits per heavy atom. The molecule has 1 atom stereocenters. The van der Waals surface area contributed by atoms with Crippen molar-refractivity contribution in [2.24, 2.45) is 5.73 Å². The summed E-state index contributed by atoms with van der Waals surface area (Å²) in [5, 5.41) is 3.19. The second-order valence-corrected chi connectivity index (χ2v) is 5.07. The summed E-state index contributed by atoms with van der Waals surface area (Å²) in [7, 11) is 0. The zero-order chi connectivity index (χ0) is 10.9. The first-order valence-electron chi connectivity index (χ1n) is 5.97. The maximum Gasteiger partial charge on any atom is 0.0940 e. The molecule has 2 N–H and O–H groups in total. The Hall–Kier alpha value is -0.410. The van der Waals surface area contributed by atoms with Crippen LogP contribution in [0.4, 0.5) is 0 Å². The first-order valence-corrected chi connectivity index (χ1v) is 6.85. The molecular weight excluding hydrogens is 204 g/mol. The van der Waals surface area contributed by atoms with Crippen molar-refractivity contribution in [1.29, 1.82) is 0 Å². The number of hydrogen-bond donors (Lipinski definition) is 1. The van der Waals surface area contributed by atoms with Crippen molar-refractivity contribution in [2.75, 3.05) is 0 Å². The highest BCUT2D eigenvalue weighted by Gasteiger charge is 2.05. The first kappa shape index (κ1) is 12.7. The van der Waals surface area contributed by atoms with Crippen LogP contribution < -0.4 is 5.73 Å². The number of nitrogens with two attached hydrogens (primary N) is 1. The van der Waals surface area contributed by atoms with Crippen molar-refractivity contribution < 1.29 is 0 Å². The molecule has 86 valence electrons. The fraction of sp³-hybridized carbons (Fsp3) is 0.750. The van der Waals surface area contributed by atoms with Crippen LogP contribution >= 0.6 is 11.3 Å². The van der Waals surface area contributed by atoms with Crippen molar-refractivity contribution in [3.8, 4) is 0 Å². The first-order chi connectivity index (χ1) is 7.33. The summed E-state index contributed by atoms with van der Waals surface area (Å²) in [6, 6.07) is 0.303. The highest BCUT2D eigenvalue weighted by atomic mass is 32.1. The molecule has 0 spiro atoms. The molecule has 1 unspecified atom stereocenters. The molecule has 0 amide bonds. The Labute approximate surface area is 96.9 Å². The van der Waals surface area contributed by atoms with Gasteiger partial charge in [-0.15, -0.1) is 11.3 Å². The van der Waals surface area contributed by atoms with Crippen LogP contribution in [-0.4, -0.2) is 11.0 Å². The molecule has 0 saturated heterocycles. The van der Waals surface area contributed by atoms with E-state index in [0.29, 0.717) is 6.04 Å². The van der Waals surface area contributed by atoms with Gasteiger partial charge in [0, 0.05) is 24.0 Å². The van der Waals surface area contributed by atoms with Crippen LogP contribution in [0.25, 0.3) is 0 Å². The minimum Gasteiger partial charge on any atom is -0.327 e. The lowest BCUT2D eigenvalue weighted by Gasteiger charge is -2.09. The van der Waals surface area contributed by atoms with E-state index < -0.39 is 0 Å². The Morgan fingerprint density at radius 2 is 2.13 bits per heavy atom. The van der Waals surface area contributed by atoms with Crippen LogP contribution in [0.1, 0.15) is 50.5 Å². The Kier molecular flexibility index (Phi) is 6.60. The van der Waals surface area contributed by atoms with Gasteiger partial charge in [0.15, 0.2) is 0 Å². The van der Waals surface area contributed by atoms with E-state index in [1.807, 2.05) is 11.6 Å². The lowest BCUT2D eigenvalue weighted by atomic mass is 10.1. The number of thiazole rings is 1. The summed E-state index contributed by atoms with van der Waals surface area (Å²) in [6.07, 6.45) is 10.6. The Morgan fingerprint density at radius 1 is 1.33 bits per heavy atom. The molecule has 0 aliphatic carbocycles. The monoisotopic (exact) mass is 226 g/mol. The molecular formula is C12H22N2S. The average molecular weight is 226 g/mol. The molecule has 1 aromatic heterocycles. The van der Waals surface area contributed by atoms with Crippen LogP contribution in [0.3, 0.4) is 0 Å². The van der Waals surface area contributed by atoms with Gasteiger partial charge in [-0.2, -0.15) is 0 Å². The van der Waals surface area contributed by atoms with E-state index in [9.17, 15) is 0 Å². The fourth-order valence-electron chi connectivity index (χ4n) is 1.69. The van der Waals surface area contributed by atoms with Crippen LogP contribution in [0.5, 0.6) is 0 Å². The summed E-state index contributed by atoms with van der Waals surface area (Å²) < 4.78 is 0. The van der Waals surface area contributed by atoms with E-state index in [1.54, 1.807) is 11.3 Å². The fourth-order valence-corrected chi connectivity index (χ4v) is 2.40. The Balaban J connectivity index is 2.01. The number of aromatic nitrogens is 1. The third-order valence-corrected chi connectivity index (χ3v) is 3.40. The number of rotatable bonds is 8. The van der Waals surface area contributed by atoms with E-state index >= 15 is 0 Å². The molecule has 0 bridgehead atoms. The molecule has 1 rings (SSSR count). The second-order valence-electron chi connectivity index (χ2n) is 4.09. The third kappa shape index (κ3) is 5.90. The van der Waals surface area contributed by atoms with Gasteiger partial charge in [-0.1, -0.05) is 39.0 Å². The van der Waals surface area contributed by atoms with Gasteiger partial charge >= 0.3 is 0 Å². The quantitative estimate of drug-likeness (QED) is 0.690. The van der Waals surface area contributed by atoms with E-state index in [-0.39, 0.29) is 0 Å². The van der Waals surface area contributed by atoms with Crippen molar-refractivity contribution in [1.82, 2.24) is 4.98 Å². The van der Waals surface area contributed by atoms with E-state index in [1.165, 1.54) is 37.1 Å². The summed E-state index contributed by atoms with van der Waals surface area (Å²) in [5.74, 6) is 0. The van der Waals surface area contributed by atoms with Crippen molar-refractivity contribution in [3.05, 3.63) is 16.6 Å². The topological polar surface area (TPSA) is 38.9 Å². The van der Waals surface area contributed by atoms with Crippen LogP contribution in [0.15, 0.2) is 11.6 Å². The maximum atomic E-state index is 6.05. The van der Waals surface area contributed by atoms with Crippen LogP contribution in [0, 0.1) is 0 Å². The third-order valence-electron chi connectivity index (χ3n) is 2.60. The molecule has 0 saturated carbocycles. The molecule has 0 radical (unpaired) electrons. The summed E-state index contributed by atoms with van der Waals surface area (Å²) in [5.41, 5.74) is 6.05. The van der Waals surface area contributed by atoms with Gasteiger partial charge < -0.3 is 5.73 Å². The number of nitrogens with zero attached hydrogens (tertiary/aromatic N) is 1. The van der Waals surface area contributed by atoms with Gasteiger partial charge in [0.2, 0.25) is 0 Å². The Bertz CT molecular complexity index is 234. The standard InChI is InChI=1S/C12H22N2S/c1-2-3-4-5-6-7-11(13)10-12-14-8-9-15-12/h8-9,11H,2-7,10,13H2,1H3. The summed E-state index contributed by atoms with van der Waals surface area (Å²) in [4.78, 5) is 4.25. The molecule has 0 aliphatic rings. The van der Waals surface area contributed by atoms with Crippen LogP contribution in [0.2, 0.25) is 0 Å². The van der Waals surface area contributed by atoms with Gasteiger partial charge in [0.1, 0.15) is 0 Å². The predicted octanol–water partition coefficient (Wildman–Crippen LogP) is 3.37. The molecule has 2 nitrogen and oxygen atoms in total. The van der Waals surface area contributed by atoms with Gasteiger partial charge in [-0.05, 0) is 6.42 Å². The normalized spacial score (nSPS) is 12.9. The number of unbranched alkanes of at least 4 members (excludes halogenated alkanes) is 4. The van der Waals surface area contributed by atoms with Crippen molar-refractivity contribution in [2.45, 2.75) is 57.9 Å². The summed E-state index contributed by atoms with van der Waals surface area (Å²) in [6.45, 7) is 2.24. The smallest absolute Gasteiger partial charge is 0.0940 e. The van der Waals surface area contributed by atoms with Gasteiger partial charge in [-0.3, -0.25) is 0 Å². The molecule has 1 heterocycles. The molecule has 0 fully saturated rings. The van der Waals surface area contributed by atoms with Gasteiger partial charge in [0.25, 0.3) is 0 Å². The molecule has 15 heavy (non-hydrogen) atoms. The van der Waals surface area contributed by atoms with Gasteiger partial charge in [-0.25, -0.2) is 4.98 Å². The van der Waals surface area contributed by atoms with E-state index in [4.69, 9.17) is 5.73 Å². The zero-order valence-electron chi connectivity index (χ0n) is 9.61. The second kappa shape index (κ2) is 7.83. The predicted molar refractivity (Wildman–Crippen MR) is 67.2 cm³/mol. The zero-order valence-corrected chi connectivity index (χ0v) is 10.4. The molecule has 0 aliphatic heterocycles. The van der Waals surface area contributed by atoms with Gasteiger partial charge in [0.05, 0.1) is 5.01 Å². The molecule has 1 aromatic rings. The average Bonchev–Trinajstić information content (AvgIpc) is 2.70. The largest absolute Gasteiger partial charge is 0.327 e. The van der Waals surface area contributed by atoms with E-state index in [0.717, 1.165) is 12.8 Å². The molecule has 0 aromatic carbocycles. The summed E-state index contributed by atoms with van der Waals surface area (Å²) >= 11 is 1.71. The van der Waals surface area contributed by atoms with Crippen molar-refractivity contribution >= 4 is 11.3 Å². The number of hydrogen-bond acceptors (Lipinski definition) is 3. The maximum absolute atomic E-state index is 6.05. The lowest BCUT2D eigenvalue weighted by Crippen LogP contribution is -2.22. The molecule has 3 heteroatoms. The van der Waals surface area contributed by atoms with E-state index in [2.05, 4.69) is 11.9 Å². The SMILES string of the molecule is CCCCCCCC(N)Cc1nccs1. The van der Waals surface area contributed by atoms with Crippen molar-refractivity contribution in [3.63, 3.8) is 0 Å². The minimum absolute atomic E-state index is 0.303. The lowest BCUT2D eigenvalue weighted by molar-refractivity contribution is 0.537. The highest BCUT2D eigenvalue weighted by Crippen LogP contribution is 2.11. The highest BCUT2D eigenvalue weighted by molar-refractivity contribution is 7.09. The minimum atomic E-state index is 0.303. The van der Waals surface area contributed by atoms with Crippen LogP contribution in [-0.2, 0) is 6.42 Å².